The predicted octanol–water partition coefficient (Wildman–Crippen LogP) is 2.75. The van der Waals surface area contributed by atoms with Gasteiger partial charge in [0.1, 0.15) is 0 Å². The van der Waals surface area contributed by atoms with Crippen LogP contribution < -0.4 is 5.73 Å². The summed E-state index contributed by atoms with van der Waals surface area (Å²) in [5.41, 5.74) is 6.07. The average molecular weight is 290 g/mol. The molecule has 6 heteroatoms. The molecule has 0 saturated carbocycles. The minimum absolute atomic E-state index is 0.0854. The molecular weight excluding hydrogens is 273 g/mol. The van der Waals surface area contributed by atoms with Gasteiger partial charge in [0.05, 0.1) is 5.56 Å². The molecule has 1 aromatic carbocycles. The first-order valence-electron chi connectivity index (χ1n) is 6.10. The van der Waals surface area contributed by atoms with Crippen molar-refractivity contribution in [3.63, 3.8) is 0 Å². The van der Waals surface area contributed by atoms with Crippen LogP contribution in [0.25, 0.3) is 0 Å². The van der Waals surface area contributed by atoms with Gasteiger partial charge in [-0.3, -0.25) is 4.90 Å². The van der Waals surface area contributed by atoms with E-state index in [1.165, 1.54) is 6.07 Å². The van der Waals surface area contributed by atoms with Crippen LogP contribution in [0.1, 0.15) is 17.2 Å². The molecule has 0 aliphatic carbocycles. The third-order valence-corrected chi connectivity index (χ3v) is 4.50. The summed E-state index contributed by atoms with van der Waals surface area (Å²) in [4.78, 5) is 2.13. The van der Waals surface area contributed by atoms with Gasteiger partial charge in [-0.1, -0.05) is 12.1 Å². The van der Waals surface area contributed by atoms with Crippen LogP contribution in [0, 0.1) is 0 Å². The van der Waals surface area contributed by atoms with Crippen LogP contribution in [0.15, 0.2) is 24.3 Å². The van der Waals surface area contributed by atoms with Crippen molar-refractivity contribution in [2.75, 3.05) is 25.1 Å². The normalized spacial score (nSPS) is 23.3. The highest BCUT2D eigenvalue weighted by Crippen LogP contribution is 2.32. The summed E-state index contributed by atoms with van der Waals surface area (Å²) in [6, 6.07) is 5.04. The van der Waals surface area contributed by atoms with Crippen molar-refractivity contribution in [2.45, 2.75) is 18.3 Å². The van der Waals surface area contributed by atoms with Crippen molar-refractivity contribution in [2.24, 2.45) is 5.73 Å². The lowest BCUT2D eigenvalue weighted by molar-refractivity contribution is -0.137. The summed E-state index contributed by atoms with van der Waals surface area (Å²) in [6.07, 6.45) is -4.32. The Hall–Kier alpha value is -0.720. The molecule has 2 nitrogen and oxygen atoms in total. The molecule has 1 aromatic rings. The lowest BCUT2D eigenvalue weighted by atomic mass is 9.98. The van der Waals surface area contributed by atoms with Gasteiger partial charge in [0.25, 0.3) is 0 Å². The summed E-state index contributed by atoms with van der Waals surface area (Å²) in [7, 11) is 1.97. The maximum Gasteiger partial charge on any atom is 0.416 e. The minimum atomic E-state index is -4.32. The molecule has 2 rings (SSSR count). The molecule has 1 fully saturated rings. The molecular formula is C13H17F3N2S. The molecule has 0 spiro atoms. The topological polar surface area (TPSA) is 29.3 Å². The molecule has 0 radical (unpaired) electrons. The monoisotopic (exact) mass is 290 g/mol. The van der Waals surface area contributed by atoms with Crippen molar-refractivity contribution < 1.29 is 13.2 Å². The first-order valence-corrected chi connectivity index (χ1v) is 7.26. The standard InChI is InChI=1S/C13H17F3N2S/c1-18-5-6-19-8-11(18)12(17)9-3-2-4-10(7-9)13(14,15)16/h2-4,7,11-12H,5-6,8,17H2,1H3. The van der Waals surface area contributed by atoms with Crippen LogP contribution in [-0.4, -0.2) is 36.0 Å². The van der Waals surface area contributed by atoms with E-state index in [4.69, 9.17) is 5.73 Å². The van der Waals surface area contributed by atoms with Crippen LogP contribution in [0.2, 0.25) is 0 Å². The highest BCUT2D eigenvalue weighted by Gasteiger charge is 2.32. The highest BCUT2D eigenvalue weighted by molar-refractivity contribution is 7.99. The van der Waals surface area contributed by atoms with Gasteiger partial charge in [-0.25, -0.2) is 0 Å². The summed E-state index contributed by atoms with van der Waals surface area (Å²) >= 11 is 1.80. The van der Waals surface area contributed by atoms with Crippen molar-refractivity contribution >= 4 is 11.8 Å². The smallest absolute Gasteiger partial charge is 0.323 e. The first-order chi connectivity index (χ1) is 8.89. The van der Waals surface area contributed by atoms with Gasteiger partial charge in [-0.05, 0) is 24.7 Å². The number of benzene rings is 1. The second-order valence-electron chi connectivity index (χ2n) is 4.77. The maximum absolute atomic E-state index is 12.7. The third kappa shape index (κ3) is 3.43. The average Bonchev–Trinajstić information content (AvgIpc) is 2.38. The number of hydrogen-bond donors (Lipinski definition) is 1. The van der Waals surface area contributed by atoms with E-state index in [0.717, 1.165) is 30.2 Å². The Bertz CT molecular complexity index is 436. The highest BCUT2D eigenvalue weighted by atomic mass is 32.2. The zero-order valence-electron chi connectivity index (χ0n) is 10.7. The molecule has 1 saturated heterocycles. The Morgan fingerprint density at radius 2 is 2.16 bits per heavy atom. The van der Waals surface area contributed by atoms with E-state index >= 15 is 0 Å². The van der Waals surface area contributed by atoms with Crippen LogP contribution in [0.4, 0.5) is 13.2 Å². The third-order valence-electron chi connectivity index (χ3n) is 3.46. The molecule has 19 heavy (non-hydrogen) atoms. The second kappa shape index (κ2) is 5.73. The number of thioether (sulfide) groups is 1. The van der Waals surface area contributed by atoms with Gasteiger partial charge in [-0.15, -0.1) is 0 Å². The van der Waals surface area contributed by atoms with Gasteiger partial charge in [-0.2, -0.15) is 24.9 Å². The van der Waals surface area contributed by atoms with Gasteiger partial charge >= 0.3 is 6.18 Å². The quantitative estimate of drug-likeness (QED) is 0.908. The van der Waals surface area contributed by atoms with Gasteiger partial charge in [0.2, 0.25) is 0 Å². The molecule has 1 aliphatic heterocycles. The molecule has 1 heterocycles. The van der Waals surface area contributed by atoms with Crippen LogP contribution >= 0.6 is 11.8 Å². The number of halogens is 3. The molecule has 106 valence electrons. The Balaban J connectivity index is 2.21. The van der Waals surface area contributed by atoms with Crippen molar-refractivity contribution in [1.29, 1.82) is 0 Å². The zero-order valence-corrected chi connectivity index (χ0v) is 11.5. The Morgan fingerprint density at radius 1 is 1.42 bits per heavy atom. The number of alkyl halides is 3. The van der Waals surface area contributed by atoms with E-state index in [-0.39, 0.29) is 12.1 Å². The van der Waals surface area contributed by atoms with Gasteiger partial charge < -0.3 is 5.73 Å². The lowest BCUT2D eigenvalue weighted by Gasteiger charge is -2.36. The van der Waals surface area contributed by atoms with E-state index < -0.39 is 11.7 Å². The van der Waals surface area contributed by atoms with Crippen molar-refractivity contribution in [3.05, 3.63) is 35.4 Å². The first kappa shape index (κ1) is 14.7. The van der Waals surface area contributed by atoms with E-state index in [1.807, 2.05) is 7.05 Å². The second-order valence-corrected chi connectivity index (χ2v) is 5.92. The maximum atomic E-state index is 12.7. The van der Waals surface area contributed by atoms with Crippen molar-refractivity contribution in [1.82, 2.24) is 4.90 Å². The number of rotatable bonds is 2. The predicted molar refractivity (Wildman–Crippen MR) is 72.1 cm³/mol. The molecule has 1 aliphatic rings. The molecule has 0 aromatic heterocycles. The number of hydrogen-bond acceptors (Lipinski definition) is 3. The fourth-order valence-corrected chi connectivity index (χ4v) is 3.52. The Morgan fingerprint density at radius 3 is 2.79 bits per heavy atom. The molecule has 0 amide bonds. The van der Waals surface area contributed by atoms with Gasteiger partial charge in [0.15, 0.2) is 0 Å². The Labute approximate surface area is 115 Å². The van der Waals surface area contributed by atoms with E-state index in [1.54, 1.807) is 17.8 Å². The Kier molecular flexibility index (Phi) is 4.43. The van der Waals surface area contributed by atoms with E-state index in [9.17, 15) is 13.2 Å². The fourth-order valence-electron chi connectivity index (χ4n) is 2.23. The zero-order chi connectivity index (χ0) is 14.0. The number of nitrogens with two attached hydrogens (primary N) is 1. The van der Waals surface area contributed by atoms with Crippen LogP contribution in [0.5, 0.6) is 0 Å². The summed E-state index contributed by atoms with van der Waals surface area (Å²) in [5.74, 6) is 1.90. The number of likely N-dealkylation sites (N-methyl/N-ethyl adjacent to an activating group) is 1. The lowest BCUT2D eigenvalue weighted by Crippen LogP contribution is -2.46. The molecule has 0 bridgehead atoms. The van der Waals surface area contributed by atoms with Gasteiger partial charge in [0, 0.05) is 30.1 Å². The summed E-state index contributed by atoms with van der Waals surface area (Å²) in [5, 5.41) is 0. The molecule has 2 unspecified atom stereocenters. The minimum Gasteiger partial charge on any atom is -0.323 e. The molecule has 2 N–H and O–H groups in total. The van der Waals surface area contributed by atoms with Crippen LogP contribution in [-0.2, 0) is 6.18 Å². The summed E-state index contributed by atoms with van der Waals surface area (Å²) in [6.45, 7) is 0.919. The fraction of sp³-hybridized carbons (Fsp3) is 0.538. The number of nitrogens with zero attached hydrogens (tertiary/aromatic N) is 1. The largest absolute Gasteiger partial charge is 0.416 e. The van der Waals surface area contributed by atoms with E-state index in [2.05, 4.69) is 4.90 Å². The van der Waals surface area contributed by atoms with Crippen molar-refractivity contribution in [3.8, 4) is 0 Å². The van der Waals surface area contributed by atoms with E-state index in [0.29, 0.717) is 5.56 Å². The van der Waals surface area contributed by atoms with Crippen LogP contribution in [0.3, 0.4) is 0 Å². The SMILES string of the molecule is CN1CCSCC1C(N)c1cccc(C(F)(F)F)c1. The molecule has 2 atom stereocenters. The summed E-state index contributed by atoms with van der Waals surface area (Å²) < 4.78 is 38.1.